The highest BCUT2D eigenvalue weighted by Crippen LogP contribution is 2.01. The fourth-order valence-electron chi connectivity index (χ4n) is 1.22. The third-order valence-corrected chi connectivity index (χ3v) is 2.49. The van der Waals surface area contributed by atoms with Crippen LogP contribution in [0.4, 0.5) is 0 Å². The second kappa shape index (κ2) is 5.09. The fraction of sp³-hybridized carbons (Fsp3) is 0.300. The molecule has 5 nitrogen and oxygen atoms in total. The molecule has 16 heavy (non-hydrogen) atoms. The first-order valence-electron chi connectivity index (χ1n) is 4.69. The van der Waals surface area contributed by atoms with Crippen molar-refractivity contribution in [2.45, 2.75) is 12.5 Å². The molecule has 0 spiro atoms. The normalized spacial score (nSPS) is 13.1. The van der Waals surface area contributed by atoms with Crippen molar-refractivity contribution in [3.63, 3.8) is 0 Å². The van der Waals surface area contributed by atoms with Crippen LogP contribution in [0.1, 0.15) is 5.56 Å². The predicted molar refractivity (Wildman–Crippen MR) is 61.1 cm³/mol. The standard InChI is InChI=1S/C10H14N2O3S/c1-16(14,15)12-10(13)9(11)7-8-5-3-2-4-6-8/h2-6,9H,7,11H2,1H3,(H,12,13)/t9-/m1/s1. The quantitative estimate of drug-likeness (QED) is 0.754. The van der Waals surface area contributed by atoms with Crippen molar-refractivity contribution in [3.8, 4) is 0 Å². The summed E-state index contributed by atoms with van der Waals surface area (Å²) in [5.74, 6) is -0.689. The van der Waals surface area contributed by atoms with Gasteiger partial charge in [0.2, 0.25) is 10.0 Å². The summed E-state index contributed by atoms with van der Waals surface area (Å²) in [4.78, 5) is 11.3. The third kappa shape index (κ3) is 4.41. The van der Waals surface area contributed by atoms with Crippen molar-refractivity contribution in [3.05, 3.63) is 35.9 Å². The first kappa shape index (κ1) is 12.7. The van der Waals surface area contributed by atoms with Gasteiger partial charge in [-0.3, -0.25) is 9.52 Å². The van der Waals surface area contributed by atoms with Gasteiger partial charge in [0.25, 0.3) is 5.91 Å². The lowest BCUT2D eigenvalue weighted by atomic mass is 10.1. The van der Waals surface area contributed by atoms with Crippen molar-refractivity contribution in [1.82, 2.24) is 4.72 Å². The molecule has 0 aliphatic carbocycles. The van der Waals surface area contributed by atoms with E-state index in [1.54, 1.807) is 0 Å². The number of nitrogens with one attached hydrogen (secondary N) is 1. The maximum Gasteiger partial charge on any atom is 0.250 e. The molecule has 1 atom stereocenters. The van der Waals surface area contributed by atoms with Crippen LogP contribution in [0.15, 0.2) is 30.3 Å². The molecule has 6 heteroatoms. The Hall–Kier alpha value is -1.40. The zero-order valence-corrected chi connectivity index (χ0v) is 9.70. The van der Waals surface area contributed by atoms with Gasteiger partial charge < -0.3 is 5.73 Å². The number of carbonyl (C=O) groups is 1. The zero-order chi connectivity index (χ0) is 12.2. The number of hydrogen-bond acceptors (Lipinski definition) is 4. The van der Waals surface area contributed by atoms with Crippen LogP contribution in [-0.4, -0.2) is 26.6 Å². The lowest BCUT2D eigenvalue weighted by Crippen LogP contribution is -2.44. The Morgan fingerprint density at radius 3 is 2.44 bits per heavy atom. The average Bonchev–Trinajstić information content (AvgIpc) is 2.16. The van der Waals surface area contributed by atoms with Crippen LogP contribution < -0.4 is 10.5 Å². The Labute approximate surface area is 94.7 Å². The largest absolute Gasteiger partial charge is 0.320 e. The van der Waals surface area contributed by atoms with E-state index in [0.717, 1.165) is 11.8 Å². The van der Waals surface area contributed by atoms with E-state index >= 15 is 0 Å². The van der Waals surface area contributed by atoms with Crippen LogP contribution in [0, 0.1) is 0 Å². The number of sulfonamides is 1. The smallest absolute Gasteiger partial charge is 0.250 e. The summed E-state index contributed by atoms with van der Waals surface area (Å²) < 4.78 is 23.5. The van der Waals surface area contributed by atoms with Crippen molar-refractivity contribution in [2.75, 3.05) is 6.26 Å². The number of nitrogens with two attached hydrogens (primary N) is 1. The highest BCUT2D eigenvalue weighted by atomic mass is 32.2. The average molecular weight is 242 g/mol. The van der Waals surface area contributed by atoms with E-state index in [-0.39, 0.29) is 0 Å². The summed E-state index contributed by atoms with van der Waals surface area (Å²) in [5.41, 5.74) is 6.47. The number of rotatable bonds is 4. The van der Waals surface area contributed by atoms with Crippen LogP contribution in [0.5, 0.6) is 0 Å². The minimum Gasteiger partial charge on any atom is -0.320 e. The molecular formula is C10H14N2O3S. The summed E-state index contributed by atoms with van der Waals surface area (Å²) >= 11 is 0. The van der Waals surface area contributed by atoms with Crippen molar-refractivity contribution < 1.29 is 13.2 Å². The number of hydrogen-bond donors (Lipinski definition) is 2. The van der Waals surface area contributed by atoms with Gasteiger partial charge in [0.05, 0.1) is 12.3 Å². The molecule has 1 rings (SSSR count). The van der Waals surface area contributed by atoms with E-state index in [9.17, 15) is 13.2 Å². The van der Waals surface area contributed by atoms with Gasteiger partial charge in [0, 0.05) is 0 Å². The number of amides is 1. The molecule has 0 radical (unpaired) electrons. The molecule has 0 saturated heterocycles. The summed E-state index contributed by atoms with van der Waals surface area (Å²) in [6.07, 6.45) is 1.22. The van der Waals surface area contributed by atoms with E-state index < -0.39 is 22.0 Å². The maximum absolute atomic E-state index is 11.3. The minimum absolute atomic E-state index is 0.308. The summed E-state index contributed by atoms with van der Waals surface area (Å²) in [6.45, 7) is 0. The van der Waals surface area contributed by atoms with Crippen LogP contribution in [0.2, 0.25) is 0 Å². The molecule has 1 aromatic carbocycles. The molecule has 0 aliphatic heterocycles. The molecular weight excluding hydrogens is 228 g/mol. The summed E-state index contributed by atoms with van der Waals surface area (Å²) in [7, 11) is -3.54. The Kier molecular flexibility index (Phi) is 4.03. The van der Waals surface area contributed by atoms with Gasteiger partial charge in [0.15, 0.2) is 0 Å². The van der Waals surface area contributed by atoms with E-state index in [0.29, 0.717) is 6.42 Å². The highest BCUT2D eigenvalue weighted by Gasteiger charge is 2.17. The van der Waals surface area contributed by atoms with Gasteiger partial charge in [0.1, 0.15) is 0 Å². The molecule has 3 N–H and O–H groups in total. The molecule has 0 saturated carbocycles. The van der Waals surface area contributed by atoms with E-state index in [2.05, 4.69) is 0 Å². The SMILES string of the molecule is CS(=O)(=O)NC(=O)[C@H](N)Cc1ccccc1. The van der Waals surface area contributed by atoms with Crippen LogP contribution >= 0.6 is 0 Å². The van der Waals surface area contributed by atoms with Gasteiger partial charge in [-0.25, -0.2) is 8.42 Å². The van der Waals surface area contributed by atoms with Gasteiger partial charge in [-0.2, -0.15) is 0 Å². The minimum atomic E-state index is -3.54. The molecule has 0 aliphatic rings. The lowest BCUT2D eigenvalue weighted by molar-refractivity contribution is -0.120. The lowest BCUT2D eigenvalue weighted by Gasteiger charge is -2.10. The van der Waals surface area contributed by atoms with Crippen LogP contribution in [-0.2, 0) is 21.2 Å². The number of carbonyl (C=O) groups excluding carboxylic acids is 1. The van der Waals surface area contributed by atoms with E-state index in [4.69, 9.17) is 5.73 Å². The fourth-order valence-corrected chi connectivity index (χ4v) is 1.74. The van der Waals surface area contributed by atoms with Crippen molar-refractivity contribution in [2.24, 2.45) is 5.73 Å². The maximum atomic E-state index is 11.3. The van der Waals surface area contributed by atoms with Gasteiger partial charge in [-0.1, -0.05) is 30.3 Å². The molecule has 0 aromatic heterocycles. The molecule has 88 valence electrons. The van der Waals surface area contributed by atoms with Crippen LogP contribution in [0.25, 0.3) is 0 Å². The Balaban J connectivity index is 2.60. The van der Waals surface area contributed by atoms with Crippen molar-refractivity contribution in [1.29, 1.82) is 0 Å². The van der Waals surface area contributed by atoms with Crippen LogP contribution in [0.3, 0.4) is 0 Å². The first-order valence-corrected chi connectivity index (χ1v) is 6.59. The predicted octanol–water partition coefficient (Wildman–Crippen LogP) is -0.368. The molecule has 0 unspecified atom stereocenters. The second-order valence-electron chi connectivity index (χ2n) is 3.53. The molecule has 1 aromatic rings. The van der Waals surface area contributed by atoms with Gasteiger partial charge >= 0.3 is 0 Å². The van der Waals surface area contributed by atoms with Gasteiger partial charge in [-0.05, 0) is 12.0 Å². The zero-order valence-electron chi connectivity index (χ0n) is 8.88. The Morgan fingerprint density at radius 1 is 1.38 bits per heavy atom. The summed E-state index contributed by atoms with van der Waals surface area (Å²) in [5, 5.41) is 0. The molecule has 0 fully saturated rings. The topological polar surface area (TPSA) is 89.3 Å². The first-order chi connectivity index (χ1) is 7.38. The van der Waals surface area contributed by atoms with E-state index in [1.807, 2.05) is 35.1 Å². The Bertz CT molecular complexity index is 456. The molecule has 0 bridgehead atoms. The monoisotopic (exact) mass is 242 g/mol. The van der Waals surface area contributed by atoms with E-state index in [1.165, 1.54) is 0 Å². The summed E-state index contributed by atoms with van der Waals surface area (Å²) in [6, 6.07) is 8.30. The Morgan fingerprint density at radius 2 is 1.94 bits per heavy atom. The molecule has 0 heterocycles. The third-order valence-electron chi connectivity index (χ3n) is 1.92. The van der Waals surface area contributed by atoms with Crippen molar-refractivity contribution >= 4 is 15.9 Å². The number of benzene rings is 1. The molecule has 1 amide bonds. The highest BCUT2D eigenvalue weighted by molar-refractivity contribution is 7.89. The second-order valence-corrected chi connectivity index (χ2v) is 5.28. The van der Waals surface area contributed by atoms with Gasteiger partial charge in [-0.15, -0.1) is 0 Å².